The van der Waals surface area contributed by atoms with Gasteiger partial charge in [0.2, 0.25) is 0 Å². The minimum atomic E-state index is 0.478. The summed E-state index contributed by atoms with van der Waals surface area (Å²) in [6.45, 7) is 0. The predicted molar refractivity (Wildman–Crippen MR) is 60.5 cm³/mol. The molecule has 0 saturated carbocycles. The molecular weight excluding hydrogens is 231 g/mol. The normalized spacial score (nSPS) is 9.93. The number of hydrogen-bond donors (Lipinski definition) is 0. The van der Waals surface area contributed by atoms with Crippen LogP contribution in [0, 0.1) is 11.3 Å². The van der Waals surface area contributed by atoms with Crippen molar-refractivity contribution in [1.82, 2.24) is 4.57 Å². The smallest absolute Gasteiger partial charge is 0.124 e. The highest BCUT2D eigenvalue weighted by Crippen LogP contribution is 2.25. The Hall–Kier alpha value is -1.43. The van der Waals surface area contributed by atoms with Crippen LogP contribution in [0.25, 0.3) is 5.69 Å². The van der Waals surface area contributed by atoms with Crippen LogP contribution in [-0.4, -0.2) is 4.57 Å². The average molecular weight is 237 g/mol. The van der Waals surface area contributed by atoms with Gasteiger partial charge >= 0.3 is 0 Å². The zero-order valence-corrected chi connectivity index (χ0v) is 9.13. The van der Waals surface area contributed by atoms with Gasteiger partial charge in [-0.05, 0) is 30.3 Å². The molecule has 1 heterocycles. The minimum absolute atomic E-state index is 0.478. The lowest BCUT2D eigenvalue weighted by molar-refractivity contribution is 1.05. The highest BCUT2D eigenvalue weighted by molar-refractivity contribution is 6.42. The predicted octanol–water partition coefficient (Wildman–Crippen LogP) is 3.66. The summed E-state index contributed by atoms with van der Waals surface area (Å²) < 4.78 is 1.75. The van der Waals surface area contributed by atoms with E-state index < -0.39 is 0 Å². The van der Waals surface area contributed by atoms with Gasteiger partial charge in [0.1, 0.15) is 11.8 Å². The number of benzene rings is 1. The number of nitrogens with zero attached hydrogens (tertiary/aromatic N) is 2. The van der Waals surface area contributed by atoms with Crippen LogP contribution in [0.2, 0.25) is 10.0 Å². The number of nitriles is 1. The maximum absolute atomic E-state index is 8.86. The van der Waals surface area contributed by atoms with Crippen LogP contribution in [0.5, 0.6) is 0 Å². The zero-order chi connectivity index (χ0) is 10.8. The molecule has 15 heavy (non-hydrogen) atoms. The third-order valence-corrected chi connectivity index (χ3v) is 2.78. The summed E-state index contributed by atoms with van der Waals surface area (Å²) in [6, 6.07) is 10.9. The van der Waals surface area contributed by atoms with Crippen molar-refractivity contribution < 1.29 is 0 Å². The maximum atomic E-state index is 8.86. The Morgan fingerprint density at radius 2 is 1.93 bits per heavy atom. The first-order chi connectivity index (χ1) is 7.22. The van der Waals surface area contributed by atoms with E-state index in [1.807, 2.05) is 6.07 Å². The molecule has 0 atom stereocenters. The summed E-state index contributed by atoms with van der Waals surface area (Å²) in [6.07, 6.45) is 1.80. The molecule has 0 aliphatic heterocycles. The number of halogens is 2. The van der Waals surface area contributed by atoms with E-state index in [0.29, 0.717) is 15.7 Å². The van der Waals surface area contributed by atoms with Gasteiger partial charge in [-0.1, -0.05) is 23.2 Å². The van der Waals surface area contributed by atoms with Crippen LogP contribution in [0.15, 0.2) is 36.5 Å². The van der Waals surface area contributed by atoms with E-state index >= 15 is 0 Å². The van der Waals surface area contributed by atoms with E-state index in [4.69, 9.17) is 28.5 Å². The first-order valence-electron chi connectivity index (χ1n) is 4.25. The molecule has 2 aromatic rings. The van der Waals surface area contributed by atoms with Gasteiger partial charge in [-0.2, -0.15) is 5.26 Å². The molecule has 4 heteroatoms. The highest BCUT2D eigenvalue weighted by Gasteiger charge is 2.04. The maximum Gasteiger partial charge on any atom is 0.124 e. The van der Waals surface area contributed by atoms with Crippen LogP contribution < -0.4 is 0 Å². The number of hydrogen-bond acceptors (Lipinski definition) is 1. The molecule has 0 fully saturated rings. The topological polar surface area (TPSA) is 28.7 Å². The first-order valence-corrected chi connectivity index (χ1v) is 5.01. The molecule has 0 radical (unpaired) electrons. The lowest BCUT2D eigenvalue weighted by atomic mass is 10.3. The Morgan fingerprint density at radius 1 is 1.13 bits per heavy atom. The van der Waals surface area contributed by atoms with Crippen LogP contribution in [-0.2, 0) is 0 Å². The summed E-state index contributed by atoms with van der Waals surface area (Å²) in [5, 5.41) is 9.85. The Labute approximate surface area is 97.3 Å². The Kier molecular flexibility index (Phi) is 2.68. The monoisotopic (exact) mass is 236 g/mol. The SMILES string of the molecule is N#Cc1cccn1-c1ccc(Cl)c(Cl)c1. The molecule has 0 saturated heterocycles. The fraction of sp³-hybridized carbons (Fsp3) is 0. The van der Waals surface area contributed by atoms with E-state index in [9.17, 15) is 0 Å². The van der Waals surface area contributed by atoms with Crippen LogP contribution >= 0.6 is 23.2 Å². The van der Waals surface area contributed by atoms with Gasteiger partial charge in [-0.15, -0.1) is 0 Å². The fourth-order valence-corrected chi connectivity index (χ4v) is 1.62. The van der Waals surface area contributed by atoms with E-state index in [-0.39, 0.29) is 0 Å². The molecule has 0 aliphatic rings. The van der Waals surface area contributed by atoms with Gasteiger partial charge in [0, 0.05) is 11.9 Å². The summed E-state index contributed by atoms with van der Waals surface area (Å²) in [5.74, 6) is 0. The van der Waals surface area contributed by atoms with Crippen LogP contribution in [0.3, 0.4) is 0 Å². The molecule has 0 N–H and O–H groups in total. The third-order valence-electron chi connectivity index (χ3n) is 2.04. The van der Waals surface area contributed by atoms with Gasteiger partial charge < -0.3 is 4.57 Å². The lowest BCUT2D eigenvalue weighted by Crippen LogP contribution is -1.94. The van der Waals surface area contributed by atoms with Crippen molar-refractivity contribution in [2.75, 3.05) is 0 Å². The van der Waals surface area contributed by atoms with Crippen molar-refractivity contribution in [2.45, 2.75) is 0 Å². The lowest BCUT2D eigenvalue weighted by Gasteiger charge is -2.05. The van der Waals surface area contributed by atoms with E-state index in [1.165, 1.54) is 0 Å². The zero-order valence-electron chi connectivity index (χ0n) is 7.61. The van der Waals surface area contributed by atoms with Gasteiger partial charge in [-0.25, -0.2) is 0 Å². The van der Waals surface area contributed by atoms with Crippen molar-refractivity contribution in [2.24, 2.45) is 0 Å². The molecule has 0 unspecified atom stereocenters. The molecule has 0 aliphatic carbocycles. The quantitative estimate of drug-likeness (QED) is 0.743. The van der Waals surface area contributed by atoms with Crippen LogP contribution in [0.1, 0.15) is 5.69 Å². The molecule has 0 bridgehead atoms. The molecule has 0 spiro atoms. The molecule has 0 amide bonds. The number of rotatable bonds is 1. The Balaban J connectivity index is 2.56. The second kappa shape index (κ2) is 3.98. The van der Waals surface area contributed by atoms with Crippen molar-refractivity contribution in [3.05, 3.63) is 52.3 Å². The van der Waals surface area contributed by atoms with Gasteiger partial charge in [0.25, 0.3) is 0 Å². The molecule has 74 valence electrons. The standard InChI is InChI=1S/C11H6Cl2N2/c12-10-4-3-8(6-11(10)13)15-5-1-2-9(15)7-14/h1-6H. The van der Waals surface area contributed by atoms with E-state index in [2.05, 4.69) is 6.07 Å². The summed E-state index contributed by atoms with van der Waals surface area (Å²) in [5.41, 5.74) is 1.39. The Morgan fingerprint density at radius 3 is 2.60 bits per heavy atom. The summed E-state index contributed by atoms with van der Waals surface area (Å²) >= 11 is 11.7. The highest BCUT2D eigenvalue weighted by atomic mass is 35.5. The molecule has 2 nitrogen and oxygen atoms in total. The van der Waals surface area contributed by atoms with Crippen molar-refractivity contribution >= 4 is 23.2 Å². The fourth-order valence-electron chi connectivity index (χ4n) is 1.33. The molecular formula is C11H6Cl2N2. The molecule has 1 aromatic heterocycles. The summed E-state index contributed by atoms with van der Waals surface area (Å²) in [4.78, 5) is 0. The average Bonchev–Trinajstić information content (AvgIpc) is 2.70. The van der Waals surface area contributed by atoms with Gasteiger partial charge in [-0.3, -0.25) is 0 Å². The molecule has 2 rings (SSSR count). The van der Waals surface area contributed by atoms with Crippen molar-refractivity contribution in [3.63, 3.8) is 0 Å². The minimum Gasteiger partial charge on any atom is -0.308 e. The number of aromatic nitrogens is 1. The van der Waals surface area contributed by atoms with Crippen molar-refractivity contribution in [1.29, 1.82) is 5.26 Å². The van der Waals surface area contributed by atoms with Crippen LogP contribution in [0.4, 0.5) is 0 Å². The van der Waals surface area contributed by atoms with E-state index in [1.54, 1.807) is 35.0 Å². The second-order valence-corrected chi connectivity index (χ2v) is 3.79. The summed E-state index contributed by atoms with van der Waals surface area (Å²) in [7, 11) is 0. The van der Waals surface area contributed by atoms with E-state index in [0.717, 1.165) is 5.69 Å². The van der Waals surface area contributed by atoms with Gasteiger partial charge in [0.05, 0.1) is 10.0 Å². The largest absolute Gasteiger partial charge is 0.308 e. The molecule has 1 aromatic carbocycles. The first kappa shape index (κ1) is 10.1. The third kappa shape index (κ3) is 1.85. The van der Waals surface area contributed by atoms with Crippen molar-refractivity contribution in [3.8, 4) is 11.8 Å². The van der Waals surface area contributed by atoms with Gasteiger partial charge in [0.15, 0.2) is 0 Å². The second-order valence-electron chi connectivity index (χ2n) is 2.97. The Bertz CT molecular complexity index is 538.